The molecule has 2 N–H and O–H groups in total. The van der Waals surface area contributed by atoms with Crippen molar-refractivity contribution in [2.75, 3.05) is 26.4 Å². The minimum Gasteiger partial charge on any atom is -0.394 e. The Balaban J connectivity index is 2.36. The van der Waals surface area contributed by atoms with Crippen LogP contribution < -0.4 is 5.32 Å². The van der Waals surface area contributed by atoms with Crippen molar-refractivity contribution in [2.24, 2.45) is 0 Å². The molecule has 0 aliphatic carbocycles. The monoisotopic (exact) mass is 257 g/mol. The molecule has 0 saturated heterocycles. The zero-order valence-corrected chi connectivity index (χ0v) is 10.2. The third kappa shape index (κ3) is 5.17. The molecular weight excluding hydrogens is 242 g/mol. The van der Waals surface area contributed by atoms with Crippen LogP contribution in [0.5, 0.6) is 0 Å². The van der Waals surface area contributed by atoms with E-state index in [0.717, 1.165) is 5.56 Å². The van der Waals surface area contributed by atoms with Crippen molar-refractivity contribution in [2.45, 2.75) is 5.88 Å². The maximum absolute atomic E-state index is 11.7. The summed E-state index contributed by atoms with van der Waals surface area (Å²) in [6.45, 7) is 1.09. The normalized spacial score (nSPS) is 10.2. The molecular formula is C12H16ClNO3. The molecule has 4 nitrogen and oxygen atoms in total. The van der Waals surface area contributed by atoms with Crippen molar-refractivity contribution in [3.8, 4) is 0 Å². The predicted molar refractivity (Wildman–Crippen MR) is 66.2 cm³/mol. The number of benzene rings is 1. The number of alkyl halides is 1. The van der Waals surface area contributed by atoms with Crippen LogP contribution in [0, 0.1) is 0 Å². The molecule has 1 rings (SSSR count). The van der Waals surface area contributed by atoms with Gasteiger partial charge in [-0.3, -0.25) is 4.79 Å². The number of halogens is 1. The van der Waals surface area contributed by atoms with Gasteiger partial charge in [0.2, 0.25) is 0 Å². The topological polar surface area (TPSA) is 58.6 Å². The minimum absolute atomic E-state index is 0.00822. The summed E-state index contributed by atoms with van der Waals surface area (Å²) in [7, 11) is 0. The van der Waals surface area contributed by atoms with Gasteiger partial charge in [0.25, 0.3) is 5.91 Å². The van der Waals surface area contributed by atoms with E-state index >= 15 is 0 Å². The highest BCUT2D eigenvalue weighted by molar-refractivity contribution is 6.17. The lowest BCUT2D eigenvalue weighted by molar-refractivity contribution is 0.0838. The summed E-state index contributed by atoms with van der Waals surface area (Å²) in [4.78, 5) is 11.7. The lowest BCUT2D eigenvalue weighted by Gasteiger charge is -2.06. The number of carbonyl (C=O) groups excluding carboxylic acids is 1. The van der Waals surface area contributed by atoms with Crippen molar-refractivity contribution >= 4 is 17.5 Å². The van der Waals surface area contributed by atoms with Crippen LogP contribution >= 0.6 is 11.6 Å². The molecule has 0 aromatic heterocycles. The van der Waals surface area contributed by atoms with Crippen molar-refractivity contribution in [3.05, 3.63) is 35.4 Å². The van der Waals surface area contributed by atoms with Gasteiger partial charge in [-0.2, -0.15) is 0 Å². The number of aliphatic hydroxyl groups excluding tert-OH is 1. The van der Waals surface area contributed by atoms with Gasteiger partial charge in [-0.05, 0) is 17.7 Å². The molecule has 0 bridgehead atoms. The number of carbonyl (C=O) groups is 1. The van der Waals surface area contributed by atoms with Crippen LogP contribution in [0.25, 0.3) is 0 Å². The third-order valence-corrected chi connectivity index (χ3v) is 2.42. The fourth-order valence-corrected chi connectivity index (χ4v) is 1.47. The number of amides is 1. The first kappa shape index (κ1) is 14.0. The van der Waals surface area contributed by atoms with E-state index in [1.54, 1.807) is 18.2 Å². The standard InChI is InChI=1S/C12H16ClNO3/c13-9-10-2-1-3-11(8-10)12(16)14-4-6-17-7-5-15/h1-3,8,15H,4-7,9H2,(H,14,16). The Morgan fingerprint density at radius 2 is 2.24 bits per heavy atom. The van der Waals surface area contributed by atoms with Gasteiger partial charge in [0.15, 0.2) is 0 Å². The number of nitrogens with one attached hydrogen (secondary N) is 1. The van der Waals surface area contributed by atoms with E-state index in [9.17, 15) is 4.79 Å². The summed E-state index contributed by atoms with van der Waals surface area (Å²) in [6.07, 6.45) is 0. The van der Waals surface area contributed by atoms with Crippen LogP contribution in [0.15, 0.2) is 24.3 Å². The Kier molecular flexibility index (Phi) is 6.62. The van der Waals surface area contributed by atoms with Crippen molar-refractivity contribution < 1.29 is 14.6 Å². The van der Waals surface area contributed by atoms with Crippen LogP contribution in [-0.4, -0.2) is 37.4 Å². The summed E-state index contributed by atoms with van der Waals surface area (Å²) < 4.78 is 5.03. The molecule has 0 aliphatic rings. The molecule has 17 heavy (non-hydrogen) atoms. The Bertz CT molecular complexity index is 357. The van der Waals surface area contributed by atoms with Gasteiger partial charge < -0.3 is 15.2 Å². The third-order valence-electron chi connectivity index (χ3n) is 2.11. The zero-order valence-electron chi connectivity index (χ0n) is 9.49. The van der Waals surface area contributed by atoms with Crippen LogP contribution in [-0.2, 0) is 10.6 Å². The molecule has 0 aliphatic heterocycles. The first-order valence-electron chi connectivity index (χ1n) is 5.39. The van der Waals surface area contributed by atoms with Crippen molar-refractivity contribution in [1.29, 1.82) is 0 Å². The van der Waals surface area contributed by atoms with Crippen LogP contribution in [0.4, 0.5) is 0 Å². The lowest BCUT2D eigenvalue weighted by Crippen LogP contribution is -2.27. The molecule has 0 atom stereocenters. The highest BCUT2D eigenvalue weighted by Crippen LogP contribution is 2.07. The quantitative estimate of drug-likeness (QED) is 0.569. The molecule has 1 amide bonds. The van der Waals surface area contributed by atoms with E-state index in [2.05, 4.69) is 5.32 Å². The molecule has 94 valence electrons. The van der Waals surface area contributed by atoms with Gasteiger partial charge in [0.1, 0.15) is 0 Å². The molecule has 1 aromatic carbocycles. The maximum atomic E-state index is 11.7. The van der Waals surface area contributed by atoms with E-state index in [-0.39, 0.29) is 19.1 Å². The van der Waals surface area contributed by atoms with Gasteiger partial charge in [0, 0.05) is 18.0 Å². The highest BCUT2D eigenvalue weighted by atomic mass is 35.5. The minimum atomic E-state index is -0.149. The fraction of sp³-hybridized carbons (Fsp3) is 0.417. The molecule has 1 aromatic rings. The van der Waals surface area contributed by atoms with Gasteiger partial charge in [-0.1, -0.05) is 12.1 Å². The fourth-order valence-electron chi connectivity index (χ4n) is 1.30. The Hall–Kier alpha value is -1.10. The molecule has 0 spiro atoms. The molecule has 5 heteroatoms. The van der Waals surface area contributed by atoms with Gasteiger partial charge in [-0.25, -0.2) is 0 Å². The average molecular weight is 258 g/mol. The number of rotatable bonds is 7. The Labute approximate surface area is 106 Å². The first-order valence-corrected chi connectivity index (χ1v) is 5.93. The molecule has 0 unspecified atom stereocenters. The van der Waals surface area contributed by atoms with Crippen molar-refractivity contribution in [3.63, 3.8) is 0 Å². The second-order valence-corrected chi connectivity index (χ2v) is 3.69. The van der Waals surface area contributed by atoms with Gasteiger partial charge in [-0.15, -0.1) is 11.6 Å². The number of hydrogen-bond donors (Lipinski definition) is 2. The summed E-state index contributed by atoms with van der Waals surface area (Å²) in [5.74, 6) is 0.241. The zero-order chi connectivity index (χ0) is 12.5. The lowest BCUT2D eigenvalue weighted by atomic mass is 10.1. The number of aliphatic hydroxyl groups is 1. The first-order chi connectivity index (χ1) is 8.27. The van der Waals surface area contributed by atoms with E-state index < -0.39 is 0 Å². The predicted octanol–water partition coefficient (Wildman–Crippen LogP) is 1.16. The second-order valence-electron chi connectivity index (χ2n) is 3.43. The number of hydrogen-bond acceptors (Lipinski definition) is 3. The van der Waals surface area contributed by atoms with Gasteiger partial charge in [0.05, 0.1) is 19.8 Å². The van der Waals surface area contributed by atoms with Crippen molar-refractivity contribution in [1.82, 2.24) is 5.32 Å². The summed E-state index contributed by atoms with van der Waals surface area (Å²) in [5.41, 5.74) is 1.50. The molecule has 0 fully saturated rings. The summed E-state index contributed by atoms with van der Waals surface area (Å²) in [6, 6.07) is 7.17. The number of ether oxygens (including phenoxy) is 1. The highest BCUT2D eigenvalue weighted by Gasteiger charge is 2.04. The van der Waals surface area contributed by atoms with Crippen LogP contribution in [0.2, 0.25) is 0 Å². The summed E-state index contributed by atoms with van der Waals surface area (Å²) in [5, 5.41) is 11.2. The van der Waals surface area contributed by atoms with Crippen LogP contribution in [0.3, 0.4) is 0 Å². The van der Waals surface area contributed by atoms with E-state index in [4.69, 9.17) is 21.4 Å². The largest absolute Gasteiger partial charge is 0.394 e. The smallest absolute Gasteiger partial charge is 0.251 e. The van der Waals surface area contributed by atoms with Gasteiger partial charge >= 0.3 is 0 Å². The molecule has 0 radical (unpaired) electrons. The second kappa shape index (κ2) is 8.06. The van der Waals surface area contributed by atoms with Crippen LogP contribution in [0.1, 0.15) is 15.9 Å². The molecule has 0 saturated carbocycles. The average Bonchev–Trinajstić information content (AvgIpc) is 2.38. The van der Waals surface area contributed by atoms with E-state index in [0.29, 0.717) is 24.6 Å². The molecule has 0 heterocycles. The summed E-state index contributed by atoms with van der Waals surface area (Å²) >= 11 is 5.69. The Morgan fingerprint density at radius 3 is 2.94 bits per heavy atom. The maximum Gasteiger partial charge on any atom is 0.251 e. The van der Waals surface area contributed by atoms with E-state index in [1.165, 1.54) is 0 Å². The Morgan fingerprint density at radius 1 is 1.41 bits per heavy atom. The van der Waals surface area contributed by atoms with E-state index in [1.807, 2.05) is 6.07 Å². The SMILES string of the molecule is O=C(NCCOCCO)c1cccc(CCl)c1.